The lowest BCUT2D eigenvalue weighted by molar-refractivity contribution is 0.0899. The number of nitrogens with one attached hydrogen (secondary N) is 1. The Labute approximate surface area is 135 Å². The first-order valence-corrected chi connectivity index (χ1v) is 8.33. The van der Waals surface area contributed by atoms with Gasteiger partial charge in [0, 0.05) is 29.5 Å². The summed E-state index contributed by atoms with van der Waals surface area (Å²) >= 11 is 1.53. The maximum absolute atomic E-state index is 12.3. The zero-order chi connectivity index (χ0) is 16.3. The topological polar surface area (TPSA) is 67.2 Å². The van der Waals surface area contributed by atoms with Crippen molar-refractivity contribution in [1.82, 2.24) is 14.9 Å². The summed E-state index contributed by atoms with van der Waals surface area (Å²) < 4.78 is 1.98. The molecular weight excluding hydrogens is 298 g/mol. The van der Waals surface area contributed by atoms with E-state index in [-0.39, 0.29) is 12.5 Å². The standard InChI is InChI=1S/C16H23N3O2S/c1-10(2)7-13(20)9-18-15(21)14-8-11(3)19(12(14)4)16-17-5-6-22-16/h5-6,8,10,13,20H,7,9H2,1-4H3,(H,18,21). The highest BCUT2D eigenvalue weighted by atomic mass is 32.1. The molecule has 2 aromatic rings. The van der Waals surface area contributed by atoms with Crippen molar-refractivity contribution in [3.63, 3.8) is 0 Å². The monoisotopic (exact) mass is 321 g/mol. The third kappa shape index (κ3) is 3.75. The van der Waals surface area contributed by atoms with Gasteiger partial charge in [0.2, 0.25) is 0 Å². The third-order valence-corrected chi connectivity index (χ3v) is 4.28. The summed E-state index contributed by atoms with van der Waals surface area (Å²) in [6.07, 6.45) is 1.92. The van der Waals surface area contributed by atoms with Crippen molar-refractivity contribution in [3.05, 3.63) is 34.6 Å². The molecule has 2 heterocycles. The van der Waals surface area contributed by atoms with Gasteiger partial charge < -0.3 is 10.4 Å². The van der Waals surface area contributed by atoms with Gasteiger partial charge in [-0.1, -0.05) is 13.8 Å². The van der Waals surface area contributed by atoms with Gasteiger partial charge in [0.25, 0.3) is 5.91 Å². The van der Waals surface area contributed by atoms with E-state index in [0.717, 1.165) is 16.5 Å². The molecule has 22 heavy (non-hydrogen) atoms. The molecular formula is C16H23N3O2S. The first-order chi connectivity index (χ1) is 10.4. The van der Waals surface area contributed by atoms with Crippen LogP contribution in [0.5, 0.6) is 0 Å². The molecule has 0 saturated heterocycles. The van der Waals surface area contributed by atoms with Crippen LogP contribution in [0, 0.1) is 19.8 Å². The summed E-state index contributed by atoms with van der Waals surface area (Å²) in [7, 11) is 0. The molecule has 0 spiro atoms. The molecule has 0 bridgehead atoms. The van der Waals surface area contributed by atoms with Gasteiger partial charge in [-0.3, -0.25) is 9.36 Å². The number of aliphatic hydroxyl groups excluding tert-OH is 1. The van der Waals surface area contributed by atoms with Crippen molar-refractivity contribution in [3.8, 4) is 5.13 Å². The summed E-state index contributed by atoms with van der Waals surface area (Å²) in [6.45, 7) is 8.24. The number of amides is 1. The van der Waals surface area contributed by atoms with E-state index in [0.29, 0.717) is 17.9 Å². The Balaban J connectivity index is 2.10. The van der Waals surface area contributed by atoms with Crippen LogP contribution in [0.3, 0.4) is 0 Å². The Morgan fingerprint density at radius 3 is 2.77 bits per heavy atom. The van der Waals surface area contributed by atoms with Gasteiger partial charge in [0.1, 0.15) is 0 Å². The van der Waals surface area contributed by atoms with Crippen molar-refractivity contribution in [2.45, 2.75) is 40.2 Å². The van der Waals surface area contributed by atoms with E-state index in [1.54, 1.807) is 6.20 Å². The predicted molar refractivity (Wildman–Crippen MR) is 88.7 cm³/mol. The Morgan fingerprint density at radius 1 is 1.45 bits per heavy atom. The van der Waals surface area contributed by atoms with Gasteiger partial charge >= 0.3 is 0 Å². The van der Waals surface area contributed by atoms with Crippen molar-refractivity contribution >= 4 is 17.2 Å². The van der Waals surface area contributed by atoms with Crippen LogP contribution in [0.15, 0.2) is 17.6 Å². The molecule has 1 atom stereocenters. The molecule has 0 aromatic carbocycles. The molecule has 1 unspecified atom stereocenters. The van der Waals surface area contributed by atoms with Crippen LogP contribution in [0.4, 0.5) is 0 Å². The lowest BCUT2D eigenvalue weighted by Gasteiger charge is -2.14. The highest BCUT2D eigenvalue weighted by Crippen LogP contribution is 2.22. The molecule has 0 aliphatic carbocycles. The molecule has 0 saturated carbocycles. The maximum atomic E-state index is 12.3. The van der Waals surface area contributed by atoms with Gasteiger partial charge in [-0.2, -0.15) is 0 Å². The number of aliphatic hydroxyl groups is 1. The minimum atomic E-state index is -0.508. The van der Waals surface area contributed by atoms with E-state index in [2.05, 4.69) is 10.3 Å². The largest absolute Gasteiger partial charge is 0.391 e. The minimum Gasteiger partial charge on any atom is -0.391 e. The zero-order valence-corrected chi connectivity index (χ0v) is 14.3. The number of carbonyl (C=O) groups is 1. The third-order valence-electron chi connectivity index (χ3n) is 3.53. The second-order valence-corrected chi connectivity index (χ2v) is 6.80. The van der Waals surface area contributed by atoms with Crippen LogP contribution in [0.2, 0.25) is 0 Å². The Kier molecular flexibility index (Phi) is 5.37. The van der Waals surface area contributed by atoms with Crippen LogP contribution in [0.1, 0.15) is 42.0 Å². The van der Waals surface area contributed by atoms with Gasteiger partial charge in [-0.05, 0) is 32.3 Å². The molecule has 2 N–H and O–H groups in total. The van der Waals surface area contributed by atoms with E-state index < -0.39 is 6.10 Å². The molecule has 0 fully saturated rings. The van der Waals surface area contributed by atoms with E-state index in [9.17, 15) is 9.90 Å². The molecule has 120 valence electrons. The quantitative estimate of drug-likeness (QED) is 0.859. The zero-order valence-electron chi connectivity index (χ0n) is 13.5. The van der Waals surface area contributed by atoms with Crippen LogP contribution in [0.25, 0.3) is 5.13 Å². The Bertz CT molecular complexity index is 632. The van der Waals surface area contributed by atoms with Crippen molar-refractivity contribution < 1.29 is 9.90 Å². The van der Waals surface area contributed by atoms with Gasteiger partial charge in [0.05, 0.1) is 11.7 Å². The Hall–Kier alpha value is -1.66. The highest BCUT2D eigenvalue weighted by molar-refractivity contribution is 7.12. The summed E-state index contributed by atoms with van der Waals surface area (Å²) in [5, 5.41) is 15.4. The summed E-state index contributed by atoms with van der Waals surface area (Å²) in [6, 6.07) is 1.86. The molecule has 0 aliphatic rings. The van der Waals surface area contributed by atoms with Gasteiger partial charge in [0.15, 0.2) is 5.13 Å². The summed E-state index contributed by atoms with van der Waals surface area (Å²) in [5.74, 6) is 0.251. The number of aromatic nitrogens is 2. The van der Waals surface area contributed by atoms with Crippen LogP contribution >= 0.6 is 11.3 Å². The fourth-order valence-electron chi connectivity index (χ4n) is 2.55. The lowest BCUT2D eigenvalue weighted by Crippen LogP contribution is -2.33. The number of aryl methyl sites for hydroxylation is 1. The molecule has 0 aliphatic heterocycles. The molecule has 2 rings (SSSR count). The Morgan fingerprint density at radius 2 is 2.18 bits per heavy atom. The van der Waals surface area contributed by atoms with Crippen molar-refractivity contribution in [1.29, 1.82) is 0 Å². The number of hydrogen-bond donors (Lipinski definition) is 2. The number of carbonyl (C=O) groups excluding carboxylic acids is 1. The van der Waals surface area contributed by atoms with E-state index in [1.807, 2.05) is 43.7 Å². The smallest absolute Gasteiger partial charge is 0.253 e. The summed E-state index contributed by atoms with van der Waals surface area (Å²) in [5.41, 5.74) is 2.47. The fourth-order valence-corrected chi connectivity index (χ4v) is 3.30. The SMILES string of the molecule is Cc1cc(C(=O)NCC(O)CC(C)C)c(C)n1-c1nccs1. The molecule has 0 radical (unpaired) electrons. The van der Waals surface area contributed by atoms with E-state index in [1.165, 1.54) is 11.3 Å². The number of hydrogen-bond acceptors (Lipinski definition) is 4. The highest BCUT2D eigenvalue weighted by Gasteiger charge is 2.18. The van der Waals surface area contributed by atoms with Gasteiger partial charge in [-0.15, -0.1) is 11.3 Å². The van der Waals surface area contributed by atoms with Crippen molar-refractivity contribution in [2.75, 3.05) is 6.54 Å². The molecule has 5 nitrogen and oxygen atoms in total. The van der Waals surface area contributed by atoms with E-state index >= 15 is 0 Å². The first kappa shape index (κ1) is 16.7. The molecule has 2 aromatic heterocycles. The second-order valence-electron chi connectivity index (χ2n) is 5.93. The first-order valence-electron chi connectivity index (χ1n) is 7.45. The molecule has 6 heteroatoms. The van der Waals surface area contributed by atoms with E-state index in [4.69, 9.17) is 0 Å². The number of nitrogens with zero attached hydrogens (tertiary/aromatic N) is 2. The average molecular weight is 321 g/mol. The minimum absolute atomic E-state index is 0.154. The van der Waals surface area contributed by atoms with Crippen LogP contribution < -0.4 is 5.32 Å². The lowest BCUT2D eigenvalue weighted by atomic mass is 10.1. The number of thiazole rings is 1. The number of rotatable bonds is 6. The van der Waals surface area contributed by atoms with Crippen LogP contribution in [-0.2, 0) is 0 Å². The maximum Gasteiger partial charge on any atom is 0.253 e. The predicted octanol–water partition coefficient (Wildman–Crippen LogP) is 2.69. The van der Waals surface area contributed by atoms with Crippen LogP contribution in [-0.4, -0.2) is 33.2 Å². The average Bonchev–Trinajstić information content (AvgIpc) is 3.03. The summed E-state index contributed by atoms with van der Waals surface area (Å²) in [4.78, 5) is 16.6. The molecule has 1 amide bonds. The fraction of sp³-hybridized carbons (Fsp3) is 0.500. The van der Waals surface area contributed by atoms with Crippen molar-refractivity contribution in [2.24, 2.45) is 5.92 Å². The second kappa shape index (κ2) is 7.07. The normalized spacial score (nSPS) is 12.6. The van der Waals surface area contributed by atoms with Gasteiger partial charge in [-0.25, -0.2) is 4.98 Å².